The van der Waals surface area contributed by atoms with Crippen LogP contribution in [-0.2, 0) is 11.3 Å². The van der Waals surface area contributed by atoms with Crippen molar-refractivity contribution in [3.05, 3.63) is 64.7 Å². The number of methoxy groups -OCH3 is 1. The summed E-state index contributed by atoms with van der Waals surface area (Å²) in [5, 5.41) is 4.15. The minimum Gasteiger partial charge on any atom is -0.493 e. The second kappa shape index (κ2) is 10.0. The number of hydrazine groups is 1. The van der Waals surface area contributed by atoms with Crippen LogP contribution in [0.5, 0.6) is 11.5 Å². The Bertz CT molecular complexity index is 1080. The van der Waals surface area contributed by atoms with Crippen LogP contribution < -0.4 is 14.9 Å². The first kappa shape index (κ1) is 22.1. The quantitative estimate of drug-likeness (QED) is 0.579. The molecule has 0 radical (unpaired) electrons. The van der Waals surface area contributed by atoms with Crippen molar-refractivity contribution in [3.63, 3.8) is 0 Å². The molecule has 0 unspecified atom stereocenters. The molecule has 1 fully saturated rings. The van der Waals surface area contributed by atoms with Crippen LogP contribution in [0.15, 0.2) is 41.8 Å². The summed E-state index contributed by atoms with van der Waals surface area (Å²) in [4.78, 5) is 16.9. The van der Waals surface area contributed by atoms with Crippen LogP contribution in [-0.4, -0.2) is 49.3 Å². The van der Waals surface area contributed by atoms with E-state index in [0.717, 1.165) is 11.6 Å². The number of carbonyl (C=O) groups is 1. The maximum absolute atomic E-state index is 13.4. The number of amides is 1. The van der Waals surface area contributed by atoms with Gasteiger partial charge in [0, 0.05) is 30.1 Å². The molecule has 0 saturated carbocycles. The highest BCUT2D eigenvalue weighted by atomic mass is 32.1. The van der Waals surface area contributed by atoms with Gasteiger partial charge in [0.2, 0.25) is 0 Å². The van der Waals surface area contributed by atoms with Crippen molar-refractivity contribution in [1.29, 1.82) is 0 Å². The second-order valence-electron chi connectivity index (χ2n) is 7.01. The number of halogens is 2. The maximum atomic E-state index is 13.4. The summed E-state index contributed by atoms with van der Waals surface area (Å²) < 4.78 is 43.1. The van der Waals surface area contributed by atoms with E-state index in [9.17, 15) is 13.6 Å². The molecule has 0 bridgehead atoms. The van der Waals surface area contributed by atoms with Crippen LogP contribution in [0.2, 0.25) is 0 Å². The number of hydrogen-bond donors (Lipinski definition) is 1. The molecule has 0 atom stereocenters. The molecule has 1 aliphatic heterocycles. The van der Waals surface area contributed by atoms with Crippen molar-refractivity contribution in [2.45, 2.75) is 6.61 Å². The number of aromatic nitrogens is 1. The topological polar surface area (TPSA) is 72.9 Å². The number of ether oxygens (including phenoxy) is 3. The Hall–Kier alpha value is -3.08. The van der Waals surface area contributed by atoms with E-state index in [1.54, 1.807) is 23.6 Å². The monoisotopic (exact) mass is 461 g/mol. The van der Waals surface area contributed by atoms with E-state index in [1.165, 1.54) is 30.6 Å². The molecule has 2 aromatic carbocycles. The number of carbonyl (C=O) groups excluding carboxylic acids is 1. The van der Waals surface area contributed by atoms with Gasteiger partial charge in [0.05, 0.1) is 20.3 Å². The molecule has 168 valence electrons. The number of hydrogen-bond acceptors (Lipinski definition) is 7. The first-order chi connectivity index (χ1) is 15.5. The van der Waals surface area contributed by atoms with Gasteiger partial charge < -0.3 is 14.2 Å². The minimum absolute atomic E-state index is 0.0203. The van der Waals surface area contributed by atoms with Crippen molar-refractivity contribution in [2.75, 3.05) is 33.4 Å². The lowest BCUT2D eigenvalue weighted by atomic mass is 10.2. The standard InChI is InChI=1S/C22H21F2N3O4S/c1-29-20-10-15(2-3-19(20)31-12-14-8-16(23)11-17(24)9-14)22-25-18(13-32-22)21(28)26-27-4-6-30-7-5-27/h2-3,8-11,13H,4-7,12H2,1H3,(H,26,28). The van der Waals surface area contributed by atoms with E-state index in [4.69, 9.17) is 14.2 Å². The Kier molecular flexibility index (Phi) is 6.93. The van der Waals surface area contributed by atoms with E-state index in [1.807, 2.05) is 5.01 Å². The molecular formula is C22H21F2N3O4S. The van der Waals surface area contributed by atoms with Crippen LogP contribution in [0.25, 0.3) is 10.6 Å². The largest absolute Gasteiger partial charge is 0.493 e. The molecule has 32 heavy (non-hydrogen) atoms. The highest BCUT2D eigenvalue weighted by Crippen LogP contribution is 2.34. The summed E-state index contributed by atoms with van der Waals surface area (Å²) in [7, 11) is 1.50. The minimum atomic E-state index is -0.664. The summed E-state index contributed by atoms with van der Waals surface area (Å²) >= 11 is 1.34. The highest BCUT2D eigenvalue weighted by Gasteiger charge is 2.18. The molecular weight excluding hydrogens is 440 g/mol. The van der Waals surface area contributed by atoms with Gasteiger partial charge in [0.25, 0.3) is 5.91 Å². The predicted octanol–water partition coefficient (Wildman–Crippen LogP) is 3.65. The van der Waals surface area contributed by atoms with E-state index in [-0.39, 0.29) is 12.5 Å². The molecule has 1 aromatic heterocycles. The van der Waals surface area contributed by atoms with E-state index < -0.39 is 11.6 Å². The molecule has 7 nitrogen and oxygen atoms in total. The zero-order valence-electron chi connectivity index (χ0n) is 17.3. The van der Waals surface area contributed by atoms with Gasteiger partial charge in [-0.2, -0.15) is 0 Å². The van der Waals surface area contributed by atoms with Crippen LogP contribution in [0.3, 0.4) is 0 Å². The normalized spacial score (nSPS) is 14.2. The molecule has 1 amide bonds. The molecule has 3 aromatic rings. The van der Waals surface area contributed by atoms with Gasteiger partial charge in [-0.3, -0.25) is 10.2 Å². The number of nitrogens with zero attached hydrogens (tertiary/aromatic N) is 2. The summed E-state index contributed by atoms with van der Waals surface area (Å²) in [6.07, 6.45) is 0. The zero-order chi connectivity index (χ0) is 22.5. The summed E-state index contributed by atoms with van der Waals surface area (Å²) in [6, 6.07) is 8.45. The maximum Gasteiger partial charge on any atom is 0.285 e. The highest BCUT2D eigenvalue weighted by molar-refractivity contribution is 7.13. The van der Waals surface area contributed by atoms with Gasteiger partial charge >= 0.3 is 0 Å². The zero-order valence-corrected chi connectivity index (χ0v) is 18.1. The summed E-state index contributed by atoms with van der Waals surface area (Å²) in [5.41, 5.74) is 4.27. The Morgan fingerprint density at radius 3 is 2.62 bits per heavy atom. The van der Waals surface area contributed by atoms with Gasteiger partial charge in [-0.1, -0.05) is 0 Å². The van der Waals surface area contributed by atoms with Crippen LogP contribution in [0.4, 0.5) is 8.78 Å². The molecule has 10 heteroatoms. The van der Waals surface area contributed by atoms with Crippen LogP contribution in [0.1, 0.15) is 16.1 Å². The van der Waals surface area contributed by atoms with E-state index >= 15 is 0 Å². The third-order valence-corrected chi connectivity index (χ3v) is 5.63. The smallest absolute Gasteiger partial charge is 0.285 e. The van der Waals surface area contributed by atoms with Gasteiger partial charge in [-0.15, -0.1) is 11.3 Å². The van der Waals surface area contributed by atoms with Gasteiger partial charge in [-0.05, 0) is 35.9 Å². The average Bonchev–Trinajstić information content (AvgIpc) is 3.28. The predicted molar refractivity (Wildman–Crippen MR) is 115 cm³/mol. The van der Waals surface area contributed by atoms with Gasteiger partial charge in [0.1, 0.15) is 28.9 Å². The summed E-state index contributed by atoms with van der Waals surface area (Å²) in [6.45, 7) is 2.39. The van der Waals surface area contributed by atoms with Gasteiger partial charge in [-0.25, -0.2) is 18.8 Å². The Labute approximate surface area is 187 Å². The SMILES string of the molecule is COc1cc(-c2nc(C(=O)NN3CCOCC3)cs2)ccc1OCc1cc(F)cc(F)c1. The van der Waals surface area contributed by atoms with E-state index in [2.05, 4.69) is 10.4 Å². The van der Waals surface area contributed by atoms with Gasteiger partial charge in [0.15, 0.2) is 11.5 Å². The molecule has 0 aliphatic carbocycles. The van der Waals surface area contributed by atoms with Crippen molar-refractivity contribution in [2.24, 2.45) is 0 Å². The fraction of sp³-hybridized carbons (Fsp3) is 0.273. The lowest BCUT2D eigenvalue weighted by molar-refractivity contribution is 0.0125. The van der Waals surface area contributed by atoms with Crippen molar-refractivity contribution in [3.8, 4) is 22.1 Å². The molecule has 0 spiro atoms. The third-order valence-electron chi connectivity index (χ3n) is 4.73. The third kappa shape index (κ3) is 5.39. The summed E-state index contributed by atoms with van der Waals surface area (Å²) in [5.74, 6) is -0.744. The molecule has 2 heterocycles. The molecule has 1 saturated heterocycles. The fourth-order valence-electron chi connectivity index (χ4n) is 3.16. The van der Waals surface area contributed by atoms with Crippen LogP contribution >= 0.6 is 11.3 Å². The number of benzene rings is 2. The first-order valence-corrected chi connectivity index (χ1v) is 10.7. The fourth-order valence-corrected chi connectivity index (χ4v) is 3.96. The molecule has 1 N–H and O–H groups in total. The second-order valence-corrected chi connectivity index (χ2v) is 7.87. The lowest BCUT2D eigenvalue weighted by Gasteiger charge is -2.26. The Morgan fingerprint density at radius 1 is 1.16 bits per heavy atom. The number of rotatable bonds is 7. The van der Waals surface area contributed by atoms with Crippen molar-refractivity contribution < 1.29 is 27.8 Å². The van der Waals surface area contributed by atoms with Crippen molar-refractivity contribution >= 4 is 17.2 Å². The number of nitrogens with one attached hydrogen (secondary N) is 1. The first-order valence-electron chi connectivity index (χ1n) is 9.87. The van der Waals surface area contributed by atoms with Crippen LogP contribution in [0, 0.1) is 11.6 Å². The average molecular weight is 461 g/mol. The Morgan fingerprint density at radius 2 is 1.91 bits per heavy atom. The Balaban J connectivity index is 1.44. The lowest BCUT2D eigenvalue weighted by Crippen LogP contribution is -2.48. The molecule has 1 aliphatic rings. The molecule has 4 rings (SSSR count). The van der Waals surface area contributed by atoms with Crippen molar-refractivity contribution in [1.82, 2.24) is 15.4 Å². The van der Waals surface area contributed by atoms with E-state index in [0.29, 0.717) is 54.1 Å². The number of morpholine rings is 1. The number of thiazole rings is 1.